The minimum atomic E-state index is -1.82. The van der Waals surface area contributed by atoms with Gasteiger partial charge in [0.05, 0.1) is 8.07 Å². The average Bonchev–Trinajstić information content (AvgIpc) is 3.46. The van der Waals surface area contributed by atoms with Crippen LogP contribution >= 0.6 is 0 Å². The van der Waals surface area contributed by atoms with E-state index in [2.05, 4.69) is 172 Å². The van der Waals surface area contributed by atoms with Crippen molar-refractivity contribution in [3.05, 3.63) is 133 Å². The average molecular weight is 940 g/mol. The summed E-state index contributed by atoms with van der Waals surface area (Å²) >= 11 is -1.82. The quantitative estimate of drug-likeness (QED) is 0.123. The van der Waals surface area contributed by atoms with E-state index in [1.165, 1.54) is 31.8 Å². The predicted octanol–water partition coefficient (Wildman–Crippen LogP) is 11.6. The van der Waals surface area contributed by atoms with Crippen LogP contribution in [0, 0.1) is 24.5 Å². The van der Waals surface area contributed by atoms with Crippen LogP contribution in [-0.2, 0) is 26.5 Å². The fourth-order valence-corrected chi connectivity index (χ4v) is 9.75. The van der Waals surface area contributed by atoms with Crippen LogP contribution in [0.15, 0.2) is 114 Å². The Kier molecular flexibility index (Phi) is 12.0. The van der Waals surface area contributed by atoms with Crippen molar-refractivity contribution in [2.24, 2.45) is 5.41 Å². The molecule has 0 fully saturated rings. The molecule has 0 unspecified atom stereocenters. The molecule has 0 saturated heterocycles. The summed E-state index contributed by atoms with van der Waals surface area (Å²) < 4.78 is 7.98. The molecule has 0 saturated carbocycles. The Morgan fingerprint density at radius 3 is 2.10 bits per heavy atom. The van der Waals surface area contributed by atoms with Crippen LogP contribution in [0.2, 0.25) is 36.9 Å². The van der Waals surface area contributed by atoms with E-state index in [1.807, 2.05) is 24.5 Å². The summed E-state index contributed by atoms with van der Waals surface area (Å²) in [5.41, 5.74) is 10.8. The summed E-state index contributed by atoms with van der Waals surface area (Å²) in [6.45, 7) is 15.9. The number of fused-ring (bicyclic) bond motifs is 3. The zero-order valence-electron chi connectivity index (χ0n) is 32.2. The van der Waals surface area contributed by atoms with E-state index in [0.29, 0.717) is 0 Å². The summed E-state index contributed by atoms with van der Waals surface area (Å²) in [6, 6.07) is 41.2. The van der Waals surface area contributed by atoms with Gasteiger partial charge in [-0.1, -0.05) is 65.0 Å². The van der Waals surface area contributed by atoms with E-state index in [4.69, 9.17) is 4.42 Å². The van der Waals surface area contributed by atoms with Crippen molar-refractivity contribution >= 4 is 52.9 Å². The van der Waals surface area contributed by atoms with Crippen molar-refractivity contribution in [2.45, 2.75) is 71.0 Å². The molecule has 0 N–H and O–H groups in total. The summed E-state index contributed by atoms with van der Waals surface area (Å²) in [5, 5.41) is 3.63. The molecule has 0 spiro atoms. The Hall–Kier alpha value is -3.61. The molecule has 7 rings (SSSR count). The minimum Gasteiger partial charge on any atom is -0.305 e. The Balaban J connectivity index is 0.000000245. The maximum atomic E-state index is 6.46. The fraction of sp³-hybridized carbons (Fsp3) is 0.261. The molecular formula is C46H50GeIrN2OSi-2. The maximum absolute atomic E-state index is 6.46. The van der Waals surface area contributed by atoms with Crippen molar-refractivity contribution in [3.63, 3.8) is 0 Å². The number of hydrogen-bond donors (Lipinski definition) is 0. The van der Waals surface area contributed by atoms with Crippen molar-refractivity contribution in [3.8, 4) is 33.6 Å². The van der Waals surface area contributed by atoms with Gasteiger partial charge < -0.3 is 4.98 Å². The van der Waals surface area contributed by atoms with E-state index in [1.54, 1.807) is 0 Å². The summed E-state index contributed by atoms with van der Waals surface area (Å²) in [4.78, 5) is 9.21. The Bertz CT molecular complexity index is 2270. The van der Waals surface area contributed by atoms with Crippen molar-refractivity contribution in [1.82, 2.24) is 9.97 Å². The topological polar surface area (TPSA) is 38.9 Å². The van der Waals surface area contributed by atoms with Crippen LogP contribution in [0.1, 0.15) is 31.9 Å². The first-order valence-electron chi connectivity index (χ1n) is 17.9. The first kappa shape index (κ1) is 39.6. The number of aromatic nitrogens is 2. The number of aryl methyl sites for hydroxylation is 1. The molecule has 1 radical (unpaired) electrons. The molecule has 0 aliphatic heterocycles. The molecule has 0 bridgehead atoms. The van der Waals surface area contributed by atoms with Gasteiger partial charge in [-0.15, -0.1) is 35.4 Å². The van der Waals surface area contributed by atoms with Crippen LogP contribution in [0.4, 0.5) is 0 Å². The zero-order chi connectivity index (χ0) is 36.6. The Labute approximate surface area is 328 Å². The molecule has 0 amide bonds. The molecule has 3 heterocycles. The molecule has 269 valence electrons. The van der Waals surface area contributed by atoms with Crippen molar-refractivity contribution < 1.29 is 24.5 Å². The third-order valence-corrected chi connectivity index (χ3v) is 15.6. The van der Waals surface area contributed by atoms with Gasteiger partial charge in [-0.25, -0.2) is 0 Å². The van der Waals surface area contributed by atoms with Gasteiger partial charge >= 0.3 is 155 Å². The Morgan fingerprint density at radius 2 is 1.48 bits per heavy atom. The summed E-state index contributed by atoms with van der Waals surface area (Å²) in [7, 11) is -1.24. The second-order valence-electron chi connectivity index (χ2n) is 17.0. The van der Waals surface area contributed by atoms with Crippen molar-refractivity contribution in [1.29, 1.82) is 0 Å². The molecule has 3 aromatic heterocycles. The van der Waals surface area contributed by atoms with E-state index >= 15 is 0 Å². The van der Waals surface area contributed by atoms with Crippen LogP contribution in [0.5, 0.6) is 0 Å². The van der Waals surface area contributed by atoms with E-state index in [0.717, 1.165) is 50.9 Å². The predicted molar refractivity (Wildman–Crippen MR) is 224 cm³/mol. The normalized spacial score (nSPS) is 12.0. The molecule has 4 aromatic carbocycles. The number of benzene rings is 4. The number of rotatable bonds is 6. The molecule has 52 heavy (non-hydrogen) atoms. The first-order valence-corrected chi connectivity index (χ1v) is 28.8. The molecule has 0 atom stereocenters. The monoisotopic (exact) mass is 941 g/mol. The van der Waals surface area contributed by atoms with Crippen LogP contribution in [-0.4, -0.2) is 31.3 Å². The Morgan fingerprint density at radius 1 is 0.750 bits per heavy atom. The standard InChI is InChI=1S/C31H32GeNO.C15H18NSi.Ir/c1-31(2,3)20-21-16-17-33-28(18-21)27-9-7-8-26-25-15-12-23(19-29(25)34-30(26)27)22-10-13-24(14-11-22)32(4,5)6;1-12-5-7-13(8-6-12)15-10-9-14(11-16-15)17(2,3)4;/h7-8,10-19H,20H2,1-6H3;5-7,9-11H,1-4H3;/q2*-1;. The van der Waals surface area contributed by atoms with Crippen LogP contribution < -0.4 is 9.58 Å². The smallest absolute Gasteiger partial charge is 0.305 e. The van der Waals surface area contributed by atoms with E-state index < -0.39 is 21.3 Å². The zero-order valence-corrected chi connectivity index (χ0v) is 37.7. The second-order valence-corrected chi connectivity index (χ2v) is 32.7. The van der Waals surface area contributed by atoms with Gasteiger partial charge in [0.2, 0.25) is 0 Å². The fourth-order valence-electron chi connectivity index (χ4n) is 6.27. The molecule has 7 aromatic rings. The number of furan rings is 1. The van der Waals surface area contributed by atoms with Gasteiger partial charge in [-0.3, -0.25) is 0 Å². The molecular weight excluding hydrogens is 889 g/mol. The third kappa shape index (κ3) is 9.48. The summed E-state index contributed by atoms with van der Waals surface area (Å²) in [5.74, 6) is 7.28. The number of hydrogen-bond acceptors (Lipinski definition) is 3. The van der Waals surface area contributed by atoms with E-state index in [-0.39, 0.29) is 25.5 Å². The van der Waals surface area contributed by atoms with Gasteiger partial charge in [0.15, 0.2) is 0 Å². The van der Waals surface area contributed by atoms with E-state index in [9.17, 15) is 0 Å². The first-order chi connectivity index (χ1) is 24.0. The molecule has 6 heteroatoms. The van der Waals surface area contributed by atoms with Crippen LogP contribution in [0.3, 0.4) is 0 Å². The summed E-state index contributed by atoms with van der Waals surface area (Å²) in [6.07, 6.45) is 4.92. The second kappa shape index (κ2) is 15.8. The number of pyridine rings is 2. The van der Waals surface area contributed by atoms with Gasteiger partial charge in [0.1, 0.15) is 0 Å². The van der Waals surface area contributed by atoms with Crippen LogP contribution in [0.25, 0.3) is 55.6 Å². The third-order valence-electron chi connectivity index (χ3n) is 9.21. The molecule has 0 aliphatic carbocycles. The number of nitrogens with zero attached hydrogens (tertiary/aromatic N) is 2. The van der Waals surface area contributed by atoms with Gasteiger partial charge in [-0.05, 0) is 28.8 Å². The van der Waals surface area contributed by atoms with Gasteiger partial charge in [0.25, 0.3) is 0 Å². The molecule has 0 aliphatic rings. The van der Waals surface area contributed by atoms with Crippen molar-refractivity contribution in [2.75, 3.05) is 0 Å². The SMILES string of the molecule is CC(C)(C)Cc1ccnc(-c2[c-]ccc3c2oc2cc(-c4cc[c]([Ge]([CH3])([CH3])[CH3])cc4)ccc23)c1.Cc1c[c-]c(-c2ccc([Si](C)(C)C)cn2)cc1.[Ir]. The molecule has 3 nitrogen and oxygen atoms in total. The minimum absolute atomic E-state index is 0. The van der Waals surface area contributed by atoms with Gasteiger partial charge in [-0.2, -0.15) is 0 Å². The van der Waals surface area contributed by atoms with Gasteiger partial charge in [0, 0.05) is 32.5 Å².